The largest absolute Gasteiger partial charge is 2.00 e. The van der Waals surface area contributed by atoms with Gasteiger partial charge in [0.05, 0.1) is 0 Å². The molecule has 0 aromatic heterocycles. The zero-order valence-electron chi connectivity index (χ0n) is 21.0. The van der Waals surface area contributed by atoms with Gasteiger partial charge >= 0.3 is 37.7 Å². The Kier molecular flexibility index (Phi) is 31.3. The molecule has 0 radical (unpaired) electrons. The zero-order chi connectivity index (χ0) is 24.6. The van der Waals surface area contributed by atoms with Crippen LogP contribution in [0.25, 0.3) is 0 Å². The Morgan fingerprint density at radius 3 is 0.970 bits per heavy atom. The summed E-state index contributed by atoms with van der Waals surface area (Å²) in [5, 5.41) is 1.52. The molecule has 0 N–H and O–H groups in total. The molecule has 0 aromatic carbocycles. The van der Waals surface area contributed by atoms with Crippen LogP contribution in [0.4, 0.5) is 0 Å². The first-order chi connectivity index (χ1) is 15.1. The number of hydrogen-bond acceptors (Lipinski definition) is 6. The number of allylic oxidation sites excluding steroid dienone is 2. The summed E-state index contributed by atoms with van der Waals surface area (Å²) >= 11 is 0. The van der Waals surface area contributed by atoms with Crippen molar-refractivity contribution in [1.29, 1.82) is 0 Å². The zero-order valence-corrected chi connectivity index (χ0v) is 24.9. The summed E-state index contributed by atoms with van der Waals surface area (Å²) in [4.78, 5) is 0. The van der Waals surface area contributed by atoms with Crippen LogP contribution in [-0.4, -0.2) is 63.7 Å². The van der Waals surface area contributed by atoms with Gasteiger partial charge in [0.1, 0.15) is 20.2 Å². The van der Waals surface area contributed by atoms with Gasteiger partial charge in [-0.1, -0.05) is 116 Å². The van der Waals surface area contributed by atoms with Crippen molar-refractivity contribution in [2.45, 2.75) is 129 Å². The smallest absolute Gasteiger partial charge is 0.744 e. The molecule has 33 heavy (non-hydrogen) atoms. The van der Waals surface area contributed by atoms with E-state index in [9.17, 15) is 25.9 Å². The summed E-state index contributed by atoms with van der Waals surface area (Å²) in [7, 11) is -8.32. The van der Waals surface area contributed by atoms with Crippen LogP contribution in [0.2, 0.25) is 0 Å². The van der Waals surface area contributed by atoms with Crippen molar-refractivity contribution < 1.29 is 25.9 Å². The quantitative estimate of drug-likeness (QED) is 0.0967. The van der Waals surface area contributed by atoms with E-state index < -0.39 is 20.2 Å². The molecule has 0 rings (SSSR count). The Bertz CT molecular complexity index is 600. The molecular weight excluding hydrogens is 488 g/mol. The van der Waals surface area contributed by atoms with Gasteiger partial charge in [0.2, 0.25) is 0 Å². The van der Waals surface area contributed by atoms with Crippen molar-refractivity contribution in [2.75, 3.05) is 0 Å². The van der Waals surface area contributed by atoms with E-state index in [1.807, 2.05) is 0 Å². The Morgan fingerprint density at radius 2 is 0.727 bits per heavy atom. The van der Waals surface area contributed by atoms with Gasteiger partial charge in [-0.2, -0.15) is 0 Å². The molecule has 0 unspecified atom stereocenters. The third kappa shape index (κ3) is 43.1. The second kappa shape index (κ2) is 27.2. The van der Waals surface area contributed by atoms with Crippen LogP contribution in [0.5, 0.6) is 0 Å². The number of rotatable bonds is 20. The van der Waals surface area contributed by atoms with Crippen molar-refractivity contribution in [3.8, 4) is 0 Å². The minimum absolute atomic E-state index is 0. The molecule has 0 aliphatic rings. The van der Waals surface area contributed by atoms with Crippen molar-refractivity contribution >= 4 is 58.0 Å². The van der Waals surface area contributed by atoms with E-state index in [1.54, 1.807) is 0 Å². The van der Waals surface area contributed by atoms with E-state index in [0.717, 1.165) is 36.5 Å². The molecule has 0 aliphatic carbocycles. The van der Waals surface area contributed by atoms with Crippen LogP contribution in [0.3, 0.4) is 0 Å². The Balaban J connectivity index is -0.000000529. The van der Waals surface area contributed by atoms with Gasteiger partial charge in [0.15, 0.2) is 0 Å². The minimum Gasteiger partial charge on any atom is -0.744 e. The molecule has 6 nitrogen and oxygen atoms in total. The second-order valence-electron chi connectivity index (χ2n) is 8.26. The van der Waals surface area contributed by atoms with Gasteiger partial charge in [0, 0.05) is 10.8 Å². The van der Waals surface area contributed by atoms with Gasteiger partial charge in [-0.15, -0.1) is 0 Å². The standard InChI is InChI=1S/2C12H24O3S.Ca/c2*1-2-3-4-5-6-7-8-9-10-11-12-16(13,14)15;/h2*11-12H,2-10H2,1H3,(H,13,14,15);/q;;+2/p-2. The third-order valence-corrected chi connectivity index (χ3v) is 6.03. The van der Waals surface area contributed by atoms with E-state index in [-0.39, 0.29) is 37.7 Å². The number of unbranched alkanes of at least 4 members (excludes halogenated alkanes) is 16. The average Bonchev–Trinajstić information content (AvgIpc) is 2.70. The minimum atomic E-state index is -4.16. The Labute approximate surface area is 234 Å². The van der Waals surface area contributed by atoms with Crippen molar-refractivity contribution in [3.05, 3.63) is 23.0 Å². The maximum atomic E-state index is 10.2. The first-order valence-electron chi connectivity index (χ1n) is 12.4. The van der Waals surface area contributed by atoms with Crippen LogP contribution < -0.4 is 0 Å². The second-order valence-corrected chi connectivity index (χ2v) is 10.8. The first kappa shape index (κ1) is 38.1. The molecule has 0 atom stereocenters. The molecule has 0 saturated heterocycles. The molecule has 192 valence electrons. The van der Waals surface area contributed by atoms with E-state index >= 15 is 0 Å². The molecular formula is C24H46CaO6S2. The monoisotopic (exact) mass is 534 g/mol. The van der Waals surface area contributed by atoms with Gasteiger partial charge in [-0.3, -0.25) is 0 Å². The molecule has 0 fully saturated rings. The molecule has 9 heteroatoms. The summed E-state index contributed by atoms with van der Waals surface area (Å²) in [6.45, 7) is 4.41. The molecule has 0 saturated carbocycles. The van der Waals surface area contributed by atoms with Crippen molar-refractivity contribution in [1.82, 2.24) is 0 Å². The van der Waals surface area contributed by atoms with Gasteiger partial charge < -0.3 is 9.11 Å². The van der Waals surface area contributed by atoms with E-state index in [1.165, 1.54) is 89.2 Å². The van der Waals surface area contributed by atoms with Crippen LogP contribution in [0.1, 0.15) is 129 Å². The fourth-order valence-corrected chi connectivity index (χ4v) is 3.91. The van der Waals surface area contributed by atoms with E-state index in [2.05, 4.69) is 13.8 Å². The molecule has 0 heterocycles. The fourth-order valence-electron chi connectivity index (χ4n) is 3.16. The summed E-state index contributed by atoms with van der Waals surface area (Å²) in [5.41, 5.74) is 0. The van der Waals surface area contributed by atoms with Crippen molar-refractivity contribution in [3.63, 3.8) is 0 Å². The molecule has 0 aliphatic heterocycles. The van der Waals surface area contributed by atoms with Crippen LogP contribution in [0, 0.1) is 0 Å². The first-order valence-corrected chi connectivity index (χ1v) is 15.3. The molecule has 0 amide bonds. The van der Waals surface area contributed by atoms with Gasteiger partial charge in [0.25, 0.3) is 0 Å². The SMILES string of the molecule is CCCCCCCCCCC=CS(=O)(=O)[O-].CCCCCCCCCCC=CS(=O)(=O)[O-].[Ca+2]. The summed E-state index contributed by atoms with van der Waals surface area (Å²) in [5.74, 6) is 0. The van der Waals surface area contributed by atoms with Gasteiger partial charge in [-0.05, 0) is 25.7 Å². The predicted octanol–water partition coefficient (Wildman–Crippen LogP) is 6.77. The van der Waals surface area contributed by atoms with Gasteiger partial charge in [-0.25, -0.2) is 16.8 Å². The van der Waals surface area contributed by atoms with Crippen LogP contribution in [0.15, 0.2) is 23.0 Å². The maximum absolute atomic E-state index is 10.2. The Morgan fingerprint density at radius 1 is 0.485 bits per heavy atom. The Hall–Kier alpha value is 0.560. The topological polar surface area (TPSA) is 114 Å². The summed E-state index contributed by atoms with van der Waals surface area (Å²) in [6.07, 6.45) is 23.9. The molecule has 0 bridgehead atoms. The normalized spacial score (nSPS) is 12.0. The van der Waals surface area contributed by atoms with Crippen molar-refractivity contribution in [2.24, 2.45) is 0 Å². The van der Waals surface area contributed by atoms with E-state index in [4.69, 9.17) is 0 Å². The molecule has 0 spiro atoms. The summed E-state index contributed by atoms with van der Waals surface area (Å²) < 4.78 is 61.3. The average molecular weight is 535 g/mol. The summed E-state index contributed by atoms with van der Waals surface area (Å²) in [6, 6.07) is 0. The third-order valence-electron chi connectivity index (χ3n) is 4.97. The van der Waals surface area contributed by atoms with Crippen LogP contribution >= 0.6 is 0 Å². The van der Waals surface area contributed by atoms with Crippen LogP contribution in [-0.2, 0) is 20.2 Å². The van der Waals surface area contributed by atoms with E-state index in [0.29, 0.717) is 12.8 Å². The maximum Gasteiger partial charge on any atom is 2.00 e. The predicted molar refractivity (Wildman–Crippen MR) is 138 cm³/mol. The molecule has 0 aromatic rings. The number of hydrogen-bond donors (Lipinski definition) is 0. The fraction of sp³-hybridized carbons (Fsp3) is 0.833.